The van der Waals surface area contributed by atoms with E-state index in [1.807, 2.05) is 32.6 Å². The molecule has 1 unspecified atom stereocenters. The second-order valence-electron chi connectivity index (χ2n) is 8.33. The van der Waals surface area contributed by atoms with Crippen LogP contribution >= 0.6 is 0 Å². The van der Waals surface area contributed by atoms with Crippen LogP contribution in [-0.4, -0.2) is 84.1 Å². The van der Waals surface area contributed by atoms with Crippen molar-refractivity contribution in [2.45, 2.75) is 46.1 Å². The zero-order chi connectivity index (χ0) is 21.2. The van der Waals surface area contributed by atoms with E-state index in [2.05, 4.69) is 4.90 Å². The molecule has 0 bridgehead atoms. The Balaban J connectivity index is 1.64. The number of amides is 1. The number of phenolic OH excluding ortho intramolecular Hbond substituents is 1. The SMILES string of the molecule is Cc1c(C)c2c(c(C)c1O)CCC(C)(C(=O)N1CCN(CCOCCO)CC1)O2. The summed E-state index contributed by atoms with van der Waals surface area (Å²) < 4.78 is 11.7. The van der Waals surface area contributed by atoms with Gasteiger partial charge in [0.05, 0.1) is 19.8 Å². The number of carbonyl (C=O) groups is 1. The number of aromatic hydroxyl groups is 1. The van der Waals surface area contributed by atoms with Gasteiger partial charge in [-0.05, 0) is 50.8 Å². The van der Waals surface area contributed by atoms with Crippen LogP contribution in [0.5, 0.6) is 11.5 Å². The minimum absolute atomic E-state index is 0.0436. The first-order valence-corrected chi connectivity index (χ1v) is 10.5. The molecule has 1 fully saturated rings. The second kappa shape index (κ2) is 8.90. The van der Waals surface area contributed by atoms with Crippen molar-refractivity contribution in [3.8, 4) is 11.5 Å². The summed E-state index contributed by atoms with van der Waals surface area (Å²) in [6.07, 6.45) is 1.33. The zero-order valence-electron chi connectivity index (χ0n) is 18.1. The highest BCUT2D eigenvalue weighted by molar-refractivity contribution is 5.86. The number of fused-ring (bicyclic) bond motifs is 1. The quantitative estimate of drug-likeness (QED) is 0.698. The number of benzene rings is 1. The summed E-state index contributed by atoms with van der Waals surface area (Å²) in [4.78, 5) is 17.5. The number of ether oxygens (including phenoxy) is 2. The van der Waals surface area contributed by atoms with Crippen molar-refractivity contribution < 1.29 is 24.5 Å². The molecule has 1 aromatic carbocycles. The van der Waals surface area contributed by atoms with Gasteiger partial charge in [-0.2, -0.15) is 0 Å². The van der Waals surface area contributed by atoms with Crippen LogP contribution in [0.3, 0.4) is 0 Å². The van der Waals surface area contributed by atoms with Gasteiger partial charge < -0.3 is 24.6 Å². The lowest BCUT2D eigenvalue weighted by molar-refractivity contribution is -0.150. The average Bonchev–Trinajstić information content (AvgIpc) is 2.73. The minimum Gasteiger partial charge on any atom is -0.507 e. The van der Waals surface area contributed by atoms with Crippen molar-refractivity contribution in [2.24, 2.45) is 0 Å². The standard InChI is InChI=1S/C22H34N2O5/c1-15-16(2)20-18(17(3)19(15)26)5-6-22(4,29-20)21(27)24-9-7-23(8-10-24)11-13-28-14-12-25/h25-26H,5-14H2,1-4H3. The number of piperazine rings is 1. The number of aliphatic hydroxyl groups excluding tert-OH is 1. The van der Waals surface area contributed by atoms with Crippen molar-refractivity contribution in [1.29, 1.82) is 0 Å². The molecule has 2 N–H and O–H groups in total. The molecule has 7 nitrogen and oxygen atoms in total. The van der Waals surface area contributed by atoms with E-state index >= 15 is 0 Å². The monoisotopic (exact) mass is 406 g/mol. The maximum atomic E-state index is 13.3. The molecular weight excluding hydrogens is 372 g/mol. The lowest BCUT2D eigenvalue weighted by Crippen LogP contribution is -2.58. The number of hydrogen-bond donors (Lipinski definition) is 2. The normalized spacial score (nSPS) is 22.3. The molecule has 2 aliphatic heterocycles. The molecule has 2 aliphatic rings. The van der Waals surface area contributed by atoms with Gasteiger partial charge in [-0.15, -0.1) is 0 Å². The highest BCUT2D eigenvalue weighted by Gasteiger charge is 2.43. The molecule has 0 saturated carbocycles. The van der Waals surface area contributed by atoms with Crippen molar-refractivity contribution in [3.63, 3.8) is 0 Å². The minimum atomic E-state index is -0.875. The molecule has 29 heavy (non-hydrogen) atoms. The Hall–Kier alpha value is -1.83. The third-order valence-corrected chi connectivity index (χ3v) is 6.42. The maximum absolute atomic E-state index is 13.3. The van der Waals surface area contributed by atoms with Crippen LogP contribution in [0.4, 0.5) is 0 Å². The molecular formula is C22H34N2O5. The predicted molar refractivity (Wildman–Crippen MR) is 111 cm³/mol. The summed E-state index contributed by atoms with van der Waals surface area (Å²) in [5, 5.41) is 19.1. The van der Waals surface area contributed by atoms with Gasteiger partial charge >= 0.3 is 0 Å². The first kappa shape index (κ1) is 21.9. The summed E-state index contributed by atoms with van der Waals surface area (Å²) in [6.45, 7) is 12.4. The topological polar surface area (TPSA) is 82.5 Å². The molecule has 0 aliphatic carbocycles. The Labute approximate surface area is 173 Å². The third kappa shape index (κ3) is 4.37. The van der Waals surface area contributed by atoms with Gasteiger partial charge in [-0.3, -0.25) is 9.69 Å². The summed E-state index contributed by atoms with van der Waals surface area (Å²) in [5.41, 5.74) is 2.72. The van der Waals surface area contributed by atoms with Gasteiger partial charge in [0.25, 0.3) is 5.91 Å². The lowest BCUT2D eigenvalue weighted by atomic mass is 9.86. The van der Waals surface area contributed by atoms with E-state index in [4.69, 9.17) is 14.6 Å². The van der Waals surface area contributed by atoms with Gasteiger partial charge in [0.15, 0.2) is 5.60 Å². The third-order valence-electron chi connectivity index (χ3n) is 6.42. The number of carbonyl (C=O) groups excluding carboxylic acids is 1. The van der Waals surface area contributed by atoms with Gasteiger partial charge in [0.2, 0.25) is 0 Å². The van der Waals surface area contributed by atoms with Gasteiger partial charge in [0.1, 0.15) is 11.5 Å². The van der Waals surface area contributed by atoms with E-state index in [9.17, 15) is 9.90 Å². The Kier molecular flexibility index (Phi) is 6.71. The Bertz CT molecular complexity index is 758. The van der Waals surface area contributed by atoms with Crippen LogP contribution in [0.1, 0.15) is 35.6 Å². The van der Waals surface area contributed by atoms with E-state index in [-0.39, 0.29) is 12.5 Å². The van der Waals surface area contributed by atoms with Crippen LogP contribution in [-0.2, 0) is 16.0 Å². The first-order chi connectivity index (χ1) is 13.8. The molecule has 3 rings (SSSR count). The number of phenols is 1. The van der Waals surface area contributed by atoms with Crippen molar-refractivity contribution in [2.75, 3.05) is 52.5 Å². The van der Waals surface area contributed by atoms with Crippen molar-refractivity contribution >= 4 is 5.91 Å². The van der Waals surface area contributed by atoms with E-state index in [1.165, 1.54) is 0 Å². The number of nitrogens with zero attached hydrogens (tertiary/aromatic N) is 2. The van der Waals surface area contributed by atoms with E-state index in [0.717, 1.165) is 54.1 Å². The van der Waals surface area contributed by atoms with Gasteiger partial charge in [-0.1, -0.05) is 0 Å². The fourth-order valence-corrected chi connectivity index (χ4v) is 4.27. The number of aliphatic hydroxyl groups is 1. The molecule has 7 heteroatoms. The fraction of sp³-hybridized carbons (Fsp3) is 0.682. The smallest absolute Gasteiger partial charge is 0.266 e. The van der Waals surface area contributed by atoms with E-state index < -0.39 is 5.60 Å². The first-order valence-electron chi connectivity index (χ1n) is 10.5. The largest absolute Gasteiger partial charge is 0.507 e. The summed E-state index contributed by atoms with van der Waals surface area (Å²) >= 11 is 0. The fourth-order valence-electron chi connectivity index (χ4n) is 4.27. The molecule has 1 aromatic rings. The average molecular weight is 407 g/mol. The molecule has 1 amide bonds. The van der Waals surface area contributed by atoms with E-state index in [1.54, 1.807) is 0 Å². The highest BCUT2D eigenvalue weighted by atomic mass is 16.5. The lowest BCUT2D eigenvalue weighted by Gasteiger charge is -2.42. The molecule has 0 aromatic heterocycles. The van der Waals surface area contributed by atoms with Gasteiger partial charge in [-0.25, -0.2) is 0 Å². The molecule has 2 heterocycles. The van der Waals surface area contributed by atoms with Crippen LogP contribution in [0.15, 0.2) is 0 Å². The Morgan fingerprint density at radius 2 is 1.79 bits per heavy atom. The molecule has 1 atom stereocenters. The number of hydrogen-bond acceptors (Lipinski definition) is 6. The summed E-state index contributed by atoms with van der Waals surface area (Å²) in [5.74, 6) is 1.14. The summed E-state index contributed by atoms with van der Waals surface area (Å²) in [6, 6.07) is 0. The maximum Gasteiger partial charge on any atom is 0.266 e. The van der Waals surface area contributed by atoms with Crippen LogP contribution in [0.2, 0.25) is 0 Å². The van der Waals surface area contributed by atoms with Crippen molar-refractivity contribution in [1.82, 2.24) is 9.80 Å². The molecule has 0 radical (unpaired) electrons. The van der Waals surface area contributed by atoms with Crippen LogP contribution in [0, 0.1) is 20.8 Å². The highest BCUT2D eigenvalue weighted by Crippen LogP contribution is 2.43. The predicted octanol–water partition coefficient (Wildman–Crippen LogP) is 1.55. The zero-order valence-corrected chi connectivity index (χ0v) is 18.1. The van der Waals surface area contributed by atoms with Crippen LogP contribution in [0.25, 0.3) is 0 Å². The Morgan fingerprint density at radius 3 is 2.45 bits per heavy atom. The summed E-state index contributed by atoms with van der Waals surface area (Å²) in [7, 11) is 0. The molecule has 1 saturated heterocycles. The van der Waals surface area contributed by atoms with Crippen LogP contribution < -0.4 is 4.74 Å². The molecule has 162 valence electrons. The van der Waals surface area contributed by atoms with Crippen molar-refractivity contribution in [3.05, 3.63) is 22.3 Å². The number of rotatable bonds is 6. The molecule has 0 spiro atoms. The van der Waals surface area contributed by atoms with E-state index in [0.29, 0.717) is 38.5 Å². The second-order valence-corrected chi connectivity index (χ2v) is 8.33. The van der Waals surface area contributed by atoms with Gasteiger partial charge in [0, 0.05) is 44.7 Å². The Morgan fingerprint density at radius 1 is 1.10 bits per heavy atom.